The number of Topliss-reactive ketones (excluding diaryl/α,β-unsaturated/α-hetero) is 1. The van der Waals surface area contributed by atoms with Gasteiger partial charge in [-0.3, -0.25) is 9.59 Å². The SMILES string of the molecule is C=C1C(=O)C[C@H]2[C@@H]3CC=C4C[C@@H](OC(C)=O)CC[C@]4(C)[C@H]3CC[C@]12C. The average molecular weight is 342 g/mol. The second kappa shape index (κ2) is 5.56. The van der Waals surface area contributed by atoms with Gasteiger partial charge in [-0.05, 0) is 66.3 Å². The Morgan fingerprint density at radius 3 is 2.60 bits per heavy atom. The summed E-state index contributed by atoms with van der Waals surface area (Å²) in [6.07, 6.45) is 9.49. The summed E-state index contributed by atoms with van der Waals surface area (Å²) in [7, 11) is 0. The van der Waals surface area contributed by atoms with Gasteiger partial charge in [-0.15, -0.1) is 0 Å². The minimum Gasteiger partial charge on any atom is -0.462 e. The van der Waals surface area contributed by atoms with Gasteiger partial charge in [-0.25, -0.2) is 0 Å². The highest BCUT2D eigenvalue weighted by molar-refractivity contribution is 5.99. The highest BCUT2D eigenvalue weighted by Crippen LogP contribution is 2.65. The first-order chi connectivity index (χ1) is 11.8. The van der Waals surface area contributed by atoms with Gasteiger partial charge in [0.05, 0.1) is 0 Å². The van der Waals surface area contributed by atoms with E-state index in [1.165, 1.54) is 18.9 Å². The van der Waals surface area contributed by atoms with Gasteiger partial charge in [-0.2, -0.15) is 0 Å². The van der Waals surface area contributed by atoms with Crippen LogP contribution < -0.4 is 0 Å². The van der Waals surface area contributed by atoms with Crippen LogP contribution in [-0.4, -0.2) is 17.9 Å². The van der Waals surface area contributed by atoms with Crippen LogP contribution in [-0.2, 0) is 14.3 Å². The van der Waals surface area contributed by atoms with E-state index >= 15 is 0 Å². The van der Waals surface area contributed by atoms with Crippen molar-refractivity contribution >= 4 is 11.8 Å². The van der Waals surface area contributed by atoms with Gasteiger partial charge in [-0.1, -0.05) is 32.1 Å². The molecule has 0 saturated heterocycles. The van der Waals surface area contributed by atoms with Crippen molar-refractivity contribution in [2.24, 2.45) is 28.6 Å². The third-order valence-electron chi connectivity index (χ3n) is 8.21. The minimum atomic E-state index is -0.167. The Labute approximate surface area is 150 Å². The Bertz CT molecular complexity index is 675. The molecule has 0 aromatic rings. The number of carbonyl (C=O) groups is 2. The second-order valence-electron chi connectivity index (χ2n) is 9.30. The van der Waals surface area contributed by atoms with Gasteiger partial charge in [0.2, 0.25) is 0 Å². The van der Waals surface area contributed by atoms with Crippen LogP contribution in [0.1, 0.15) is 65.7 Å². The molecule has 0 aromatic carbocycles. The summed E-state index contributed by atoms with van der Waals surface area (Å²) in [6.45, 7) is 10.4. The molecule has 3 saturated carbocycles. The fourth-order valence-electron chi connectivity index (χ4n) is 6.68. The van der Waals surface area contributed by atoms with Crippen LogP contribution in [0, 0.1) is 28.6 Å². The van der Waals surface area contributed by atoms with Gasteiger partial charge in [0.1, 0.15) is 6.10 Å². The summed E-state index contributed by atoms with van der Waals surface area (Å²) >= 11 is 0. The van der Waals surface area contributed by atoms with Gasteiger partial charge in [0.15, 0.2) is 5.78 Å². The zero-order valence-corrected chi connectivity index (χ0v) is 15.8. The molecule has 4 aliphatic rings. The molecular weight excluding hydrogens is 312 g/mol. The molecular formula is C22H30O3. The molecule has 0 spiro atoms. The summed E-state index contributed by atoms with van der Waals surface area (Å²) in [4.78, 5) is 23.7. The van der Waals surface area contributed by atoms with E-state index in [4.69, 9.17) is 4.74 Å². The third kappa shape index (κ3) is 2.38. The lowest BCUT2D eigenvalue weighted by Crippen LogP contribution is -2.49. The number of ether oxygens (including phenoxy) is 1. The lowest BCUT2D eigenvalue weighted by Gasteiger charge is -2.57. The Morgan fingerprint density at radius 2 is 1.88 bits per heavy atom. The first kappa shape index (κ1) is 17.1. The van der Waals surface area contributed by atoms with Gasteiger partial charge in [0.25, 0.3) is 0 Å². The quantitative estimate of drug-likeness (QED) is 0.397. The zero-order chi connectivity index (χ0) is 18.0. The second-order valence-corrected chi connectivity index (χ2v) is 9.30. The number of fused-ring (bicyclic) bond motifs is 5. The number of carbonyl (C=O) groups excluding carboxylic acids is 2. The van der Waals surface area contributed by atoms with E-state index in [9.17, 15) is 9.59 Å². The van der Waals surface area contributed by atoms with Crippen molar-refractivity contribution in [3.05, 3.63) is 23.8 Å². The maximum atomic E-state index is 12.4. The summed E-state index contributed by atoms with van der Waals surface area (Å²) in [6, 6.07) is 0. The Kier molecular flexibility index (Phi) is 3.79. The molecule has 136 valence electrons. The predicted molar refractivity (Wildman–Crippen MR) is 96.8 cm³/mol. The molecule has 0 unspecified atom stereocenters. The summed E-state index contributed by atoms with van der Waals surface area (Å²) in [5.74, 6) is 1.85. The Balaban J connectivity index is 1.62. The van der Waals surface area contributed by atoms with Gasteiger partial charge < -0.3 is 4.74 Å². The molecule has 0 heterocycles. The van der Waals surface area contributed by atoms with E-state index in [2.05, 4.69) is 26.5 Å². The van der Waals surface area contributed by atoms with E-state index in [0.29, 0.717) is 30.0 Å². The lowest BCUT2D eigenvalue weighted by molar-refractivity contribution is -0.148. The Hall–Kier alpha value is -1.38. The van der Waals surface area contributed by atoms with Gasteiger partial charge in [0, 0.05) is 19.8 Å². The smallest absolute Gasteiger partial charge is 0.302 e. The van der Waals surface area contributed by atoms with Crippen LogP contribution in [0.3, 0.4) is 0 Å². The molecule has 25 heavy (non-hydrogen) atoms. The molecule has 0 aliphatic heterocycles. The van der Waals surface area contributed by atoms with Crippen LogP contribution >= 0.6 is 0 Å². The molecule has 3 fully saturated rings. The third-order valence-corrected chi connectivity index (χ3v) is 8.21. The number of hydrogen-bond donors (Lipinski definition) is 0. The highest BCUT2D eigenvalue weighted by atomic mass is 16.5. The summed E-state index contributed by atoms with van der Waals surface area (Å²) < 4.78 is 5.50. The maximum absolute atomic E-state index is 12.4. The number of ketones is 1. The summed E-state index contributed by atoms with van der Waals surface area (Å²) in [5, 5.41) is 0. The number of esters is 1. The van der Waals surface area contributed by atoms with Crippen molar-refractivity contribution in [2.45, 2.75) is 71.8 Å². The topological polar surface area (TPSA) is 43.4 Å². The monoisotopic (exact) mass is 342 g/mol. The van der Waals surface area contributed by atoms with Crippen LogP contribution in [0.5, 0.6) is 0 Å². The fourth-order valence-corrected chi connectivity index (χ4v) is 6.68. The van der Waals surface area contributed by atoms with Crippen molar-refractivity contribution in [1.29, 1.82) is 0 Å². The van der Waals surface area contributed by atoms with Crippen LogP contribution in [0.15, 0.2) is 23.8 Å². The number of rotatable bonds is 1. The fraction of sp³-hybridized carbons (Fsp3) is 0.727. The largest absolute Gasteiger partial charge is 0.462 e. The van der Waals surface area contributed by atoms with E-state index in [-0.39, 0.29) is 22.9 Å². The maximum Gasteiger partial charge on any atom is 0.302 e. The first-order valence-corrected chi connectivity index (χ1v) is 9.85. The van der Waals surface area contributed by atoms with Crippen LogP contribution in [0.2, 0.25) is 0 Å². The van der Waals surface area contributed by atoms with Crippen molar-refractivity contribution in [3.8, 4) is 0 Å². The Morgan fingerprint density at radius 1 is 1.16 bits per heavy atom. The standard InChI is InChI=1S/C22H30O3/c1-13-20(24)12-19-17-6-5-15-11-16(25-14(2)23)7-9-22(15,4)18(17)8-10-21(13,19)3/h5,16-19H,1,6-12H2,2-4H3/t16-,17+,18-,19-,21+,22-/m0/s1. The minimum absolute atomic E-state index is 0.0227. The summed E-state index contributed by atoms with van der Waals surface area (Å²) in [5.41, 5.74) is 2.62. The predicted octanol–water partition coefficient (Wildman–Crippen LogP) is 4.62. The average Bonchev–Trinajstić information content (AvgIpc) is 2.78. The van der Waals surface area contributed by atoms with Crippen molar-refractivity contribution < 1.29 is 14.3 Å². The highest BCUT2D eigenvalue weighted by Gasteiger charge is 2.58. The lowest BCUT2D eigenvalue weighted by atomic mass is 9.48. The number of allylic oxidation sites excluding steroid dienone is 2. The molecule has 3 heteroatoms. The van der Waals surface area contributed by atoms with E-state index < -0.39 is 0 Å². The molecule has 0 amide bonds. The molecule has 6 atom stereocenters. The van der Waals surface area contributed by atoms with Crippen molar-refractivity contribution in [3.63, 3.8) is 0 Å². The van der Waals surface area contributed by atoms with E-state index in [1.54, 1.807) is 0 Å². The molecule has 0 aromatic heterocycles. The molecule has 0 bridgehead atoms. The molecule has 0 N–H and O–H groups in total. The van der Waals surface area contributed by atoms with E-state index in [1.807, 2.05) is 0 Å². The molecule has 0 radical (unpaired) electrons. The first-order valence-electron chi connectivity index (χ1n) is 9.85. The van der Waals surface area contributed by atoms with Crippen LogP contribution in [0.4, 0.5) is 0 Å². The molecule has 4 rings (SSSR count). The van der Waals surface area contributed by atoms with Crippen molar-refractivity contribution in [1.82, 2.24) is 0 Å². The zero-order valence-electron chi connectivity index (χ0n) is 15.8. The molecule has 4 aliphatic carbocycles. The van der Waals surface area contributed by atoms with Crippen LogP contribution in [0.25, 0.3) is 0 Å². The van der Waals surface area contributed by atoms with Gasteiger partial charge >= 0.3 is 5.97 Å². The normalized spacial score (nSPS) is 46.0. The molecule has 3 nitrogen and oxygen atoms in total. The number of hydrogen-bond acceptors (Lipinski definition) is 3. The van der Waals surface area contributed by atoms with Crippen molar-refractivity contribution in [2.75, 3.05) is 0 Å². The van der Waals surface area contributed by atoms with E-state index in [0.717, 1.165) is 37.7 Å².